The van der Waals surface area contributed by atoms with Gasteiger partial charge in [-0.15, -0.1) is 11.3 Å². The molecule has 3 aromatic rings. The predicted octanol–water partition coefficient (Wildman–Crippen LogP) is 4.52. The van der Waals surface area contributed by atoms with Crippen molar-refractivity contribution in [3.05, 3.63) is 73.1 Å². The summed E-state index contributed by atoms with van der Waals surface area (Å²) < 4.78 is 37.1. The van der Waals surface area contributed by atoms with Gasteiger partial charge < -0.3 is 19.4 Å². The van der Waals surface area contributed by atoms with E-state index in [0.29, 0.717) is 34.7 Å². The molecule has 1 fully saturated rings. The summed E-state index contributed by atoms with van der Waals surface area (Å²) in [5.41, 5.74) is 1.13. The van der Waals surface area contributed by atoms with Crippen molar-refractivity contribution >= 4 is 46.8 Å². The smallest absolute Gasteiger partial charge is 0.387 e. The van der Waals surface area contributed by atoms with Crippen molar-refractivity contribution in [1.29, 1.82) is 0 Å². The number of hydrogen-bond acceptors (Lipinski definition) is 7. The quantitative estimate of drug-likeness (QED) is 0.211. The number of nitrogens with zero attached hydrogens (tertiary/aromatic N) is 1. The minimum Gasteiger partial charge on any atom is -0.544 e. The van der Waals surface area contributed by atoms with Gasteiger partial charge in [0.15, 0.2) is 17.8 Å². The Labute approximate surface area is 218 Å². The summed E-state index contributed by atoms with van der Waals surface area (Å²) in [5, 5.41) is 21.9. The summed E-state index contributed by atoms with van der Waals surface area (Å²) in [6.07, 6.45) is 4.95. The Morgan fingerprint density at radius 2 is 1.92 bits per heavy atom. The van der Waals surface area contributed by atoms with E-state index in [9.17, 15) is 28.7 Å². The SMILES string of the molecule is O=Cc1cc([C@@H](Cc2c(Cl)c[n+](O)cc2Cl)c2ccc(OC(F)F)c(OCC3CC3)c2)c(C(=O)[O-])s1. The fourth-order valence-electron chi connectivity index (χ4n) is 3.79. The molecule has 0 aliphatic heterocycles. The molecule has 0 amide bonds. The number of alkyl halides is 2. The third-order valence-electron chi connectivity index (χ3n) is 5.69. The molecule has 4 rings (SSSR count). The first-order valence-electron chi connectivity index (χ1n) is 10.8. The number of benzene rings is 1. The maximum absolute atomic E-state index is 13.0. The van der Waals surface area contributed by atoms with Crippen LogP contribution in [0.5, 0.6) is 11.5 Å². The second kappa shape index (κ2) is 11.0. The lowest BCUT2D eigenvalue weighted by atomic mass is 9.85. The van der Waals surface area contributed by atoms with Crippen molar-refractivity contribution in [2.24, 2.45) is 5.92 Å². The average Bonchev–Trinajstić information content (AvgIpc) is 3.54. The molecule has 1 saturated carbocycles. The summed E-state index contributed by atoms with van der Waals surface area (Å²) >= 11 is 13.4. The molecular formula is C24H19Cl2F2NO6S. The molecule has 2 aromatic heterocycles. The number of carbonyl (C=O) groups is 2. The molecule has 0 spiro atoms. The van der Waals surface area contributed by atoms with Gasteiger partial charge in [0.1, 0.15) is 10.0 Å². The van der Waals surface area contributed by atoms with E-state index in [1.54, 1.807) is 0 Å². The molecule has 1 atom stereocenters. The molecule has 190 valence electrons. The van der Waals surface area contributed by atoms with Crippen LogP contribution in [0.4, 0.5) is 8.78 Å². The first-order valence-corrected chi connectivity index (χ1v) is 12.3. The van der Waals surface area contributed by atoms with Gasteiger partial charge in [-0.1, -0.05) is 29.3 Å². The lowest BCUT2D eigenvalue weighted by Gasteiger charge is -2.22. The minimum absolute atomic E-state index is 0.0466. The van der Waals surface area contributed by atoms with E-state index in [1.807, 2.05) is 0 Å². The summed E-state index contributed by atoms with van der Waals surface area (Å²) in [4.78, 5) is 23.3. The molecule has 1 aliphatic rings. The van der Waals surface area contributed by atoms with Crippen molar-refractivity contribution < 1.29 is 42.9 Å². The fraction of sp³-hybridized carbons (Fsp3) is 0.292. The zero-order chi connectivity index (χ0) is 26.0. The van der Waals surface area contributed by atoms with Crippen molar-refractivity contribution in [2.75, 3.05) is 6.61 Å². The van der Waals surface area contributed by atoms with Crippen LogP contribution in [-0.2, 0) is 6.42 Å². The lowest BCUT2D eigenvalue weighted by Crippen LogP contribution is -2.29. The van der Waals surface area contributed by atoms with E-state index >= 15 is 0 Å². The maximum atomic E-state index is 13.0. The van der Waals surface area contributed by atoms with Crippen LogP contribution in [0.15, 0.2) is 36.7 Å². The zero-order valence-electron chi connectivity index (χ0n) is 18.5. The number of aldehydes is 1. The maximum Gasteiger partial charge on any atom is 0.387 e. The van der Waals surface area contributed by atoms with Crippen molar-refractivity contribution in [1.82, 2.24) is 0 Å². The van der Waals surface area contributed by atoms with Crippen LogP contribution in [-0.4, -0.2) is 30.7 Å². The normalized spacial score (nSPS) is 14.0. The van der Waals surface area contributed by atoms with Gasteiger partial charge in [0.2, 0.25) is 12.4 Å². The average molecular weight is 558 g/mol. The molecule has 1 aromatic carbocycles. The van der Waals surface area contributed by atoms with Crippen LogP contribution in [0.25, 0.3) is 0 Å². The summed E-state index contributed by atoms with van der Waals surface area (Å²) in [6.45, 7) is -2.75. The monoisotopic (exact) mass is 557 g/mol. The number of halogens is 4. The van der Waals surface area contributed by atoms with E-state index in [2.05, 4.69) is 4.74 Å². The van der Waals surface area contributed by atoms with Crippen LogP contribution in [0.3, 0.4) is 0 Å². The van der Waals surface area contributed by atoms with E-state index in [4.69, 9.17) is 27.9 Å². The highest BCUT2D eigenvalue weighted by Gasteiger charge is 2.28. The van der Waals surface area contributed by atoms with Gasteiger partial charge in [0, 0.05) is 16.2 Å². The lowest BCUT2D eigenvalue weighted by molar-refractivity contribution is -0.904. The molecule has 0 unspecified atom stereocenters. The zero-order valence-corrected chi connectivity index (χ0v) is 20.8. The number of pyridine rings is 1. The number of carboxylic acids is 1. The number of hydrogen-bond donors (Lipinski definition) is 1. The Morgan fingerprint density at radius 3 is 2.50 bits per heavy atom. The second-order valence-corrected chi connectivity index (χ2v) is 10.1. The van der Waals surface area contributed by atoms with Gasteiger partial charge in [-0.25, -0.2) is 0 Å². The number of carbonyl (C=O) groups excluding carboxylic acids is 2. The van der Waals surface area contributed by atoms with Gasteiger partial charge in [-0.3, -0.25) is 10.0 Å². The molecule has 36 heavy (non-hydrogen) atoms. The fourth-order valence-corrected chi connectivity index (χ4v) is 5.27. The van der Waals surface area contributed by atoms with Crippen LogP contribution >= 0.6 is 34.5 Å². The topological polar surface area (TPSA) is 99.8 Å². The Kier molecular flexibility index (Phi) is 7.97. The number of rotatable bonds is 11. The first kappa shape index (κ1) is 26.1. The Bertz CT molecular complexity index is 1270. The third-order valence-corrected chi connectivity index (χ3v) is 7.40. The molecule has 0 radical (unpaired) electrons. The molecule has 12 heteroatoms. The van der Waals surface area contributed by atoms with Gasteiger partial charge >= 0.3 is 6.61 Å². The molecule has 0 saturated heterocycles. The number of aromatic carboxylic acids is 1. The van der Waals surface area contributed by atoms with Gasteiger partial charge in [0.25, 0.3) is 0 Å². The van der Waals surface area contributed by atoms with Crippen molar-refractivity contribution in [3.8, 4) is 11.5 Å². The summed E-state index contributed by atoms with van der Waals surface area (Å²) in [5.74, 6) is -1.99. The molecule has 0 bridgehead atoms. The summed E-state index contributed by atoms with van der Waals surface area (Å²) in [7, 11) is 0. The highest BCUT2D eigenvalue weighted by Crippen LogP contribution is 2.41. The number of ether oxygens (including phenoxy) is 2. The van der Waals surface area contributed by atoms with Crippen molar-refractivity contribution in [2.45, 2.75) is 31.8 Å². The molecule has 7 nitrogen and oxygen atoms in total. The van der Waals surface area contributed by atoms with Crippen LogP contribution in [0, 0.1) is 5.92 Å². The second-order valence-electron chi connectivity index (χ2n) is 8.25. The largest absolute Gasteiger partial charge is 0.544 e. The molecule has 2 heterocycles. The highest BCUT2D eigenvalue weighted by molar-refractivity contribution is 7.15. The van der Waals surface area contributed by atoms with Gasteiger partial charge in [-0.05, 0) is 54.5 Å². The number of carboxylic acid groups (broad SMARTS) is 1. The predicted molar refractivity (Wildman–Crippen MR) is 125 cm³/mol. The van der Waals surface area contributed by atoms with Crippen LogP contribution in [0.1, 0.15) is 54.8 Å². The van der Waals surface area contributed by atoms with Crippen LogP contribution in [0.2, 0.25) is 10.0 Å². The third kappa shape index (κ3) is 6.05. The Morgan fingerprint density at radius 1 is 1.22 bits per heavy atom. The molecular weight excluding hydrogens is 539 g/mol. The minimum atomic E-state index is -3.07. The highest BCUT2D eigenvalue weighted by atomic mass is 35.5. The van der Waals surface area contributed by atoms with Crippen molar-refractivity contribution in [3.63, 3.8) is 0 Å². The van der Waals surface area contributed by atoms with E-state index < -0.39 is 18.5 Å². The number of aromatic nitrogens is 1. The standard InChI is InChI=1S/C24H19Cl2F2NO6S/c25-18-8-29(33)9-19(26)17(18)7-15(16-6-14(10-30)36-22(16)23(31)32)13-3-4-20(35-24(27)28)21(5-13)34-11-12-1-2-12/h3-6,8-10,12,15,24H,1-2,7,11H2,(H-,31,32,33)/t15-/m0/s1. The number of thiophene rings is 1. The first-order chi connectivity index (χ1) is 17.2. The molecule has 1 aliphatic carbocycles. The Balaban J connectivity index is 1.84. The van der Waals surface area contributed by atoms with Gasteiger partial charge in [0.05, 0.1) is 22.3 Å². The van der Waals surface area contributed by atoms with E-state index in [-0.39, 0.29) is 43.3 Å². The van der Waals surface area contributed by atoms with Gasteiger partial charge in [-0.2, -0.15) is 8.78 Å². The van der Waals surface area contributed by atoms with Crippen LogP contribution < -0.4 is 19.3 Å². The molecule has 1 N–H and O–H groups in total. The Hall–Kier alpha value is -2.95. The van der Waals surface area contributed by atoms with E-state index in [1.165, 1.54) is 36.7 Å². The summed E-state index contributed by atoms with van der Waals surface area (Å²) in [6, 6.07) is 5.75. The van der Waals surface area contributed by atoms with E-state index in [0.717, 1.165) is 24.2 Å².